The molecule has 1 heterocycles. The Labute approximate surface area is 179 Å². The number of hydrogen-bond donors (Lipinski definition) is 0. The Balaban J connectivity index is 2.27. The minimum absolute atomic E-state index is 0.0153. The lowest BCUT2D eigenvalue weighted by molar-refractivity contribution is 0.513. The first-order valence-electron chi connectivity index (χ1n) is 9.04. The Hall–Kier alpha value is -2.62. The molecule has 0 unspecified atom stereocenters. The minimum atomic E-state index is -4.14. The molecule has 0 saturated heterocycles. The molecular weight excluding hydrogens is 431 g/mol. The summed E-state index contributed by atoms with van der Waals surface area (Å²) in [5.41, 5.74) is 0.346. The third-order valence-corrected chi connectivity index (χ3v) is 7.02. The SMILES string of the molecule is Cc1c(N(Cc2c(F)cccc2Cl)S(=O)(=O)N(C)C)c(=O)n(-c2ccccc2)n1C. The molecule has 0 bridgehead atoms. The van der Waals surface area contributed by atoms with E-state index in [0.717, 1.165) is 8.61 Å². The summed E-state index contributed by atoms with van der Waals surface area (Å²) >= 11 is 6.14. The van der Waals surface area contributed by atoms with Crippen molar-refractivity contribution in [1.82, 2.24) is 13.7 Å². The van der Waals surface area contributed by atoms with Crippen LogP contribution in [-0.2, 0) is 23.8 Å². The molecule has 160 valence electrons. The first-order chi connectivity index (χ1) is 14.1. The maximum absolute atomic E-state index is 14.5. The molecule has 0 spiro atoms. The molecule has 3 rings (SSSR count). The Morgan fingerprint density at radius 1 is 1.07 bits per heavy atom. The van der Waals surface area contributed by atoms with Gasteiger partial charge in [0.2, 0.25) is 0 Å². The number of benzene rings is 2. The third kappa shape index (κ3) is 3.76. The van der Waals surface area contributed by atoms with Gasteiger partial charge in [-0.25, -0.2) is 13.4 Å². The standard InChI is InChI=1S/C20H22ClFN4O3S/c1-14-19(20(27)26(24(14)4)15-9-6-5-7-10-15)25(30(28,29)23(2)3)13-16-17(21)11-8-12-18(16)22/h5-12H,13H2,1-4H3. The summed E-state index contributed by atoms with van der Waals surface area (Å²) < 4.78 is 45.6. The van der Waals surface area contributed by atoms with E-state index in [1.54, 1.807) is 42.9 Å². The molecule has 0 fully saturated rings. The average Bonchev–Trinajstić information content (AvgIpc) is 2.91. The second-order valence-corrected chi connectivity index (χ2v) is 9.38. The lowest BCUT2D eigenvalue weighted by atomic mass is 10.2. The highest BCUT2D eigenvalue weighted by atomic mass is 35.5. The zero-order valence-corrected chi connectivity index (χ0v) is 18.6. The van der Waals surface area contributed by atoms with E-state index in [-0.39, 0.29) is 16.3 Å². The highest BCUT2D eigenvalue weighted by molar-refractivity contribution is 7.90. The number of aromatic nitrogens is 2. The molecule has 0 aliphatic carbocycles. The second kappa shape index (κ2) is 8.25. The van der Waals surface area contributed by atoms with Crippen LogP contribution in [0.4, 0.5) is 10.1 Å². The normalized spacial score (nSPS) is 11.8. The van der Waals surface area contributed by atoms with E-state index in [4.69, 9.17) is 11.6 Å². The van der Waals surface area contributed by atoms with Gasteiger partial charge in [0, 0.05) is 31.7 Å². The van der Waals surface area contributed by atoms with Crippen molar-refractivity contribution in [3.63, 3.8) is 0 Å². The van der Waals surface area contributed by atoms with Gasteiger partial charge in [-0.15, -0.1) is 0 Å². The number of rotatable bonds is 6. The van der Waals surface area contributed by atoms with Gasteiger partial charge in [0.1, 0.15) is 11.5 Å². The van der Waals surface area contributed by atoms with E-state index < -0.39 is 28.1 Å². The lowest BCUT2D eigenvalue weighted by Crippen LogP contribution is -2.42. The molecule has 2 aromatic carbocycles. The van der Waals surface area contributed by atoms with Crippen LogP contribution in [0.15, 0.2) is 53.3 Å². The first-order valence-corrected chi connectivity index (χ1v) is 10.8. The number of hydrogen-bond acceptors (Lipinski definition) is 3. The molecule has 0 atom stereocenters. The number of nitrogens with zero attached hydrogens (tertiary/aromatic N) is 4. The second-order valence-electron chi connectivity index (χ2n) is 6.91. The summed E-state index contributed by atoms with van der Waals surface area (Å²) in [6.07, 6.45) is 0. The maximum atomic E-state index is 14.5. The zero-order valence-electron chi connectivity index (χ0n) is 17.0. The number of anilines is 1. The summed E-state index contributed by atoms with van der Waals surface area (Å²) in [4.78, 5) is 13.4. The van der Waals surface area contributed by atoms with Gasteiger partial charge in [0.25, 0.3) is 5.56 Å². The van der Waals surface area contributed by atoms with Gasteiger partial charge < -0.3 is 0 Å². The molecule has 10 heteroatoms. The van der Waals surface area contributed by atoms with Crippen molar-refractivity contribution in [2.24, 2.45) is 7.05 Å². The number of halogens is 2. The molecule has 0 aliphatic heterocycles. The van der Waals surface area contributed by atoms with E-state index >= 15 is 0 Å². The van der Waals surface area contributed by atoms with Crippen LogP contribution in [0.1, 0.15) is 11.3 Å². The van der Waals surface area contributed by atoms with E-state index in [2.05, 4.69) is 0 Å². The van der Waals surface area contributed by atoms with Gasteiger partial charge in [-0.1, -0.05) is 35.9 Å². The molecule has 0 aliphatic rings. The van der Waals surface area contributed by atoms with Crippen LogP contribution in [0, 0.1) is 12.7 Å². The fraction of sp³-hybridized carbons (Fsp3) is 0.250. The van der Waals surface area contributed by atoms with Crippen LogP contribution in [-0.4, -0.2) is 36.2 Å². The Morgan fingerprint density at radius 2 is 1.70 bits per heavy atom. The van der Waals surface area contributed by atoms with Gasteiger partial charge in [0.05, 0.1) is 17.9 Å². The monoisotopic (exact) mass is 452 g/mol. The molecular formula is C20H22ClFN4O3S. The number of para-hydroxylation sites is 1. The summed E-state index contributed by atoms with van der Waals surface area (Å²) in [6.45, 7) is 1.21. The molecule has 0 N–H and O–H groups in total. The smallest absolute Gasteiger partial charge is 0.283 e. The maximum Gasteiger partial charge on any atom is 0.304 e. The van der Waals surface area contributed by atoms with Crippen LogP contribution in [0.25, 0.3) is 5.69 Å². The summed E-state index contributed by atoms with van der Waals surface area (Å²) in [7, 11) is 0.210. The summed E-state index contributed by atoms with van der Waals surface area (Å²) in [5, 5.41) is 0.0749. The van der Waals surface area contributed by atoms with E-state index in [0.29, 0.717) is 11.4 Å². The van der Waals surface area contributed by atoms with Crippen LogP contribution in [0.3, 0.4) is 0 Å². The van der Waals surface area contributed by atoms with E-state index in [1.807, 2.05) is 6.07 Å². The first kappa shape index (κ1) is 22.1. The highest BCUT2D eigenvalue weighted by Gasteiger charge is 2.33. The molecule has 1 aromatic heterocycles. The van der Waals surface area contributed by atoms with Gasteiger partial charge >= 0.3 is 10.2 Å². The van der Waals surface area contributed by atoms with Crippen LogP contribution in [0.2, 0.25) is 5.02 Å². The topological polar surface area (TPSA) is 67.6 Å². The fourth-order valence-corrected chi connectivity index (χ4v) is 4.49. The molecule has 30 heavy (non-hydrogen) atoms. The van der Waals surface area contributed by atoms with Crippen molar-refractivity contribution in [2.75, 3.05) is 18.4 Å². The predicted molar refractivity (Wildman–Crippen MR) is 116 cm³/mol. The molecule has 7 nitrogen and oxygen atoms in total. The van der Waals surface area contributed by atoms with Crippen molar-refractivity contribution < 1.29 is 12.8 Å². The average molecular weight is 453 g/mol. The Kier molecular flexibility index (Phi) is 6.07. The van der Waals surface area contributed by atoms with Crippen molar-refractivity contribution in [3.05, 3.63) is 81.0 Å². The van der Waals surface area contributed by atoms with Gasteiger partial charge in [-0.2, -0.15) is 12.7 Å². The van der Waals surface area contributed by atoms with Crippen LogP contribution < -0.4 is 9.86 Å². The summed E-state index contributed by atoms with van der Waals surface area (Å²) in [6, 6.07) is 12.9. The highest BCUT2D eigenvalue weighted by Crippen LogP contribution is 2.28. The lowest BCUT2D eigenvalue weighted by Gasteiger charge is -2.27. The van der Waals surface area contributed by atoms with Gasteiger partial charge in [-0.05, 0) is 31.2 Å². The largest absolute Gasteiger partial charge is 0.304 e. The molecule has 3 aromatic rings. The minimum Gasteiger partial charge on any atom is -0.283 e. The Bertz CT molecular complexity index is 1220. The third-order valence-electron chi connectivity index (χ3n) is 4.88. The van der Waals surface area contributed by atoms with Crippen molar-refractivity contribution in [3.8, 4) is 5.69 Å². The fourth-order valence-electron chi connectivity index (χ4n) is 3.14. The molecule has 0 saturated carbocycles. The van der Waals surface area contributed by atoms with Gasteiger partial charge in [0.15, 0.2) is 0 Å². The van der Waals surface area contributed by atoms with Crippen molar-refractivity contribution in [2.45, 2.75) is 13.5 Å². The predicted octanol–water partition coefficient (Wildman–Crippen LogP) is 3.09. The van der Waals surface area contributed by atoms with E-state index in [1.165, 1.54) is 37.0 Å². The Morgan fingerprint density at radius 3 is 2.27 bits per heavy atom. The zero-order chi connectivity index (χ0) is 22.2. The quantitative estimate of drug-likeness (QED) is 0.577. The van der Waals surface area contributed by atoms with Crippen molar-refractivity contribution in [1.29, 1.82) is 0 Å². The van der Waals surface area contributed by atoms with Gasteiger partial charge in [-0.3, -0.25) is 9.48 Å². The van der Waals surface area contributed by atoms with Crippen LogP contribution >= 0.6 is 11.6 Å². The molecule has 0 amide bonds. The summed E-state index contributed by atoms with van der Waals surface area (Å²) in [5.74, 6) is -0.654. The van der Waals surface area contributed by atoms with E-state index in [9.17, 15) is 17.6 Å². The van der Waals surface area contributed by atoms with Crippen molar-refractivity contribution >= 4 is 27.5 Å². The molecule has 0 radical (unpaired) electrons. The van der Waals surface area contributed by atoms with Crippen LogP contribution in [0.5, 0.6) is 0 Å².